The number of hydrogen-bond donors (Lipinski definition) is 1. The second kappa shape index (κ2) is 3.15. The van der Waals surface area contributed by atoms with E-state index in [1.165, 1.54) is 5.39 Å². The van der Waals surface area contributed by atoms with Gasteiger partial charge in [-0.3, -0.25) is 4.98 Å². The molecule has 2 rings (SSSR count). The van der Waals surface area contributed by atoms with E-state index in [4.69, 9.17) is 5.73 Å². The third-order valence-electron chi connectivity index (χ3n) is 2.14. The topological polar surface area (TPSA) is 38.9 Å². The van der Waals surface area contributed by atoms with Gasteiger partial charge in [0.25, 0.3) is 0 Å². The van der Waals surface area contributed by atoms with Gasteiger partial charge in [0.05, 0.1) is 5.69 Å². The van der Waals surface area contributed by atoms with Crippen LogP contribution < -0.4 is 5.73 Å². The smallest absolute Gasteiger partial charge is 0.0620 e. The minimum absolute atomic E-state index is 0.502. The second-order valence-electron chi connectivity index (χ2n) is 3.14. The van der Waals surface area contributed by atoms with E-state index >= 15 is 0 Å². The molecule has 13 heavy (non-hydrogen) atoms. The number of aryl methyl sites for hydroxylation is 1. The van der Waals surface area contributed by atoms with Crippen LogP contribution in [0.5, 0.6) is 0 Å². The molecule has 0 radical (unpaired) electrons. The first-order valence-corrected chi connectivity index (χ1v) is 4.36. The van der Waals surface area contributed by atoms with Crippen molar-refractivity contribution in [1.29, 1.82) is 0 Å². The molecule has 66 valence electrons. The fraction of sp³-hybridized carbons (Fsp3) is 0.182. The fourth-order valence-corrected chi connectivity index (χ4v) is 1.57. The second-order valence-corrected chi connectivity index (χ2v) is 3.14. The molecule has 0 amide bonds. The van der Waals surface area contributed by atoms with Crippen molar-refractivity contribution in [3.8, 4) is 0 Å². The van der Waals surface area contributed by atoms with Gasteiger partial charge in [0.1, 0.15) is 0 Å². The number of nitrogens with two attached hydrogens (primary N) is 1. The molecule has 0 atom stereocenters. The predicted octanol–water partition coefficient (Wildman–Crippen LogP) is 2.00. The SMILES string of the molecule is Cc1cc2ccccc2c(CN)n1. The highest BCUT2D eigenvalue weighted by Crippen LogP contribution is 2.17. The van der Waals surface area contributed by atoms with Crippen LogP contribution in [0.3, 0.4) is 0 Å². The van der Waals surface area contributed by atoms with Gasteiger partial charge in [0.15, 0.2) is 0 Å². The Bertz CT molecular complexity index is 435. The van der Waals surface area contributed by atoms with E-state index in [2.05, 4.69) is 23.2 Å². The standard InChI is InChI=1S/C11H12N2/c1-8-6-9-4-2-3-5-10(9)11(7-12)13-8/h2-6H,7,12H2,1H3. The fourth-order valence-electron chi connectivity index (χ4n) is 1.57. The first-order chi connectivity index (χ1) is 6.31. The largest absolute Gasteiger partial charge is 0.325 e. The van der Waals surface area contributed by atoms with Crippen molar-refractivity contribution in [2.75, 3.05) is 0 Å². The van der Waals surface area contributed by atoms with Crippen molar-refractivity contribution in [3.63, 3.8) is 0 Å². The lowest BCUT2D eigenvalue weighted by molar-refractivity contribution is 0.988. The highest BCUT2D eigenvalue weighted by molar-refractivity contribution is 5.84. The molecule has 0 fully saturated rings. The summed E-state index contributed by atoms with van der Waals surface area (Å²) < 4.78 is 0. The van der Waals surface area contributed by atoms with E-state index in [0.29, 0.717) is 6.54 Å². The molecule has 0 saturated heterocycles. The van der Waals surface area contributed by atoms with Crippen LogP contribution in [0.25, 0.3) is 10.8 Å². The average molecular weight is 172 g/mol. The molecule has 2 N–H and O–H groups in total. The van der Waals surface area contributed by atoms with Gasteiger partial charge in [-0.25, -0.2) is 0 Å². The molecule has 0 bridgehead atoms. The molecule has 0 spiro atoms. The van der Waals surface area contributed by atoms with Crippen LogP contribution in [0.1, 0.15) is 11.4 Å². The van der Waals surface area contributed by atoms with E-state index in [-0.39, 0.29) is 0 Å². The molecule has 1 heterocycles. The van der Waals surface area contributed by atoms with Crippen molar-refractivity contribution in [1.82, 2.24) is 4.98 Å². The maximum absolute atomic E-state index is 5.62. The molecule has 2 heteroatoms. The predicted molar refractivity (Wildman–Crippen MR) is 54.4 cm³/mol. The summed E-state index contributed by atoms with van der Waals surface area (Å²) in [7, 11) is 0. The normalized spacial score (nSPS) is 10.6. The molecule has 1 aromatic carbocycles. The van der Waals surface area contributed by atoms with Crippen LogP contribution in [0, 0.1) is 6.92 Å². The molecule has 2 aromatic rings. The third kappa shape index (κ3) is 1.40. The Labute approximate surface area is 77.4 Å². The summed E-state index contributed by atoms with van der Waals surface area (Å²) in [4.78, 5) is 4.39. The summed E-state index contributed by atoms with van der Waals surface area (Å²) in [5.41, 5.74) is 7.63. The van der Waals surface area contributed by atoms with Crippen LogP contribution in [-0.2, 0) is 6.54 Å². The number of aromatic nitrogens is 1. The zero-order valence-electron chi connectivity index (χ0n) is 7.62. The lowest BCUT2D eigenvalue weighted by Crippen LogP contribution is -2.01. The third-order valence-corrected chi connectivity index (χ3v) is 2.14. The molecule has 2 nitrogen and oxygen atoms in total. The molecular weight excluding hydrogens is 160 g/mol. The van der Waals surface area contributed by atoms with E-state index in [0.717, 1.165) is 16.8 Å². The quantitative estimate of drug-likeness (QED) is 0.714. The van der Waals surface area contributed by atoms with Crippen LogP contribution in [0.4, 0.5) is 0 Å². The first-order valence-electron chi connectivity index (χ1n) is 4.36. The number of hydrogen-bond acceptors (Lipinski definition) is 2. The molecule has 0 unspecified atom stereocenters. The maximum atomic E-state index is 5.62. The summed E-state index contributed by atoms with van der Waals surface area (Å²) in [6, 6.07) is 10.3. The van der Waals surface area contributed by atoms with E-state index in [1.54, 1.807) is 0 Å². The maximum Gasteiger partial charge on any atom is 0.0620 e. The molecule has 0 saturated carbocycles. The van der Waals surface area contributed by atoms with Crippen molar-refractivity contribution in [2.45, 2.75) is 13.5 Å². The van der Waals surface area contributed by atoms with Crippen molar-refractivity contribution >= 4 is 10.8 Å². The molecule has 0 aliphatic heterocycles. The van der Waals surface area contributed by atoms with Gasteiger partial charge in [0, 0.05) is 17.6 Å². The van der Waals surface area contributed by atoms with E-state index in [1.807, 2.05) is 19.1 Å². The van der Waals surface area contributed by atoms with Gasteiger partial charge < -0.3 is 5.73 Å². The lowest BCUT2D eigenvalue weighted by atomic mass is 10.1. The van der Waals surface area contributed by atoms with Gasteiger partial charge in [-0.2, -0.15) is 0 Å². The number of nitrogens with zero attached hydrogens (tertiary/aromatic N) is 1. The number of benzene rings is 1. The van der Waals surface area contributed by atoms with Gasteiger partial charge >= 0.3 is 0 Å². The molecule has 1 aromatic heterocycles. The average Bonchev–Trinajstić information content (AvgIpc) is 2.16. The Morgan fingerprint density at radius 1 is 1.31 bits per heavy atom. The molecular formula is C11H12N2. The summed E-state index contributed by atoms with van der Waals surface area (Å²) >= 11 is 0. The highest BCUT2D eigenvalue weighted by atomic mass is 14.7. The Balaban J connectivity index is 2.81. The minimum atomic E-state index is 0.502. The lowest BCUT2D eigenvalue weighted by Gasteiger charge is -2.04. The van der Waals surface area contributed by atoms with Gasteiger partial charge in [-0.05, 0) is 18.4 Å². The minimum Gasteiger partial charge on any atom is -0.325 e. The number of fused-ring (bicyclic) bond motifs is 1. The van der Waals surface area contributed by atoms with E-state index < -0.39 is 0 Å². The number of pyridine rings is 1. The van der Waals surface area contributed by atoms with Crippen LogP contribution >= 0.6 is 0 Å². The molecule has 0 aliphatic rings. The summed E-state index contributed by atoms with van der Waals surface area (Å²) in [6.07, 6.45) is 0. The molecule has 0 aliphatic carbocycles. The van der Waals surface area contributed by atoms with Crippen LogP contribution in [-0.4, -0.2) is 4.98 Å². The Hall–Kier alpha value is -1.41. The van der Waals surface area contributed by atoms with Crippen molar-refractivity contribution < 1.29 is 0 Å². The van der Waals surface area contributed by atoms with E-state index in [9.17, 15) is 0 Å². The Morgan fingerprint density at radius 2 is 2.08 bits per heavy atom. The summed E-state index contributed by atoms with van der Waals surface area (Å²) in [5.74, 6) is 0. The zero-order valence-corrected chi connectivity index (χ0v) is 7.62. The Morgan fingerprint density at radius 3 is 2.85 bits per heavy atom. The van der Waals surface area contributed by atoms with Gasteiger partial charge in [-0.15, -0.1) is 0 Å². The summed E-state index contributed by atoms with van der Waals surface area (Å²) in [6.45, 7) is 2.49. The monoisotopic (exact) mass is 172 g/mol. The zero-order chi connectivity index (χ0) is 9.26. The first kappa shape index (κ1) is 8.20. The van der Waals surface area contributed by atoms with Crippen LogP contribution in [0.2, 0.25) is 0 Å². The highest BCUT2D eigenvalue weighted by Gasteiger charge is 2.00. The van der Waals surface area contributed by atoms with Crippen LogP contribution in [0.15, 0.2) is 30.3 Å². The van der Waals surface area contributed by atoms with Crippen molar-refractivity contribution in [2.24, 2.45) is 5.73 Å². The Kier molecular flexibility index (Phi) is 1.99. The van der Waals surface area contributed by atoms with Gasteiger partial charge in [0.2, 0.25) is 0 Å². The summed E-state index contributed by atoms with van der Waals surface area (Å²) in [5, 5.41) is 2.38. The number of rotatable bonds is 1. The van der Waals surface area contributed by atoms with Crippen molar-refractivity contribution in [3.05, 3.63) is 41.7 Å². The van der Waals surface area contributed by atoms with Gasteiger partial charge in [-0.1, -0.05) is 24.3 Å².